The normalized spacial score (nSPS) is 17.8. The first kappa shape index (κ1) is 13.6. The predicted octanol–water partition coefficient (Wildman–Crippen LogP) is 1.87. The predicted molar refractivity (Wildman–Crippen MR) is 74.5 cm³/mol. The summed E-state index contributed by atoms with van der Waals surface area (Å²) in [4.78, 5) is 2.59. The molecular formula is C14H26N4. The monoisotopic (exact) mass is 250 g/mol. The zero-order valence-electron chi connectivity index (χ0n) is 11.6. The van der Waals surface area contributed by atoms with E-state index in [0.29, 0.717) is 0 Å². The third-order valence-electron chi connectivity index (χ3n) is 3.64. The molecule has 4 nitrogen and oxygen atoms in total. The largest absolute Gasteiger partial charge is 0.311 e. The van der Waals surface area contributed by atoms with E-state index in [1.165, 1.54) is 50.9 Å². The number of likely N-dealkylation sites (tertiary alicyclic amines) is 1. The minimum atomic E-state index is 0.938. The second-order valence-corrected chi connectivity index (χ2v) is 5.14. The summed E-state index contributed by atoms with van der Waals surface area (Å²) in [6.07, 6.45) is 9.67. The molecule has 102 valence electrons. The van der Waals surface area contributed by atoms with Crippen LogP contribution >= 0.6 is 0 Å². The minimum Gasteiger partial charge on any atom is -0.311 e. The summed E-state index contributed by atoms with van der Waals surface area (Å²) in [6.45, 7) is 8.84. The molecule has 1 aliphatic heterocycles. The number of hydrogen-bond donors (Lipinski definition) is 1. The Balaban J connectivity index is 1.60. The number of hydrogen-bond acceptors (Lipinski definition) is 3. The molecule has 18 heavy (non-hydrogen) atoms. The van der Waals surface area contributed by atoms with Crippen molar-refractivity contribution >= 4 is 0 Å². The Labute approximate surface area is 110 Å². The summed E-state index contributed by atoms with van der Waals surface area (Å²) < 4.78 is 1.98. The van der Waals surface area contributed by atoms with Crippen molar-refractivity contribution in [1.29, 1.82) is 0 Å². The van der Waals surface area contributed by atoms with Gasteiger partial charge in [0.25, 0.3) is 0 Å². The Morgan fingerprint density at radius 3 is 2.67 bits per heavy atom. The summed E-state index contributed by atoms with van der Waals surface area (Å²) in [7, 11) is 0. The lowest BCUT2D eigenvalue weighted by atomic mass is 10.2. The van der Waals surface area contributed by atoms with Gasteiger partial charge < -0.3 is 10.2 Å². The van der Waals surface area contributed by atoms with Gasteiger partial charge in [-0.1, -0.05) is 12.8 Å². The molecule has 0 radical (unpaired) electrons. The Morgan fingerprint density at radius 2 is 2.00 bits per heavy atom. The Kier molecular flexibility index (Phi) is 5.68. The van der Waals surface area contributed by atoms with Gasteiger partial charge in [0.2, 0.25) is 0 Å². The van der Waals surface area contributed by atoms with Crippen LogP contribution in [0.2, 0.25) is 0 Å². The summed E-state index contributed by atoms with van der Waals surface area (Å²) in [5, 5.41) is 7.79. The molecule has 0 spiro atoms. The highest BCUT2D eigenvalue weighted by atomic mass is 15.3. The van der Waals surface area contributed by atoms with Crippen LogP contribution in [0.25, 0.3) is 0 Å². The number of aryl methyl sites for hydroxylation is 1. The van der Waals surface area contributed by atoms with E-state index in [1.807, 2.05) is 10.9 Å². The highest BCUT2D eigenvalue weighted by Crippen LogP contribution is 2.08. The number of aromatic nitrogens is 2. The molecule has 1 fully saturated rings. The fourth-order valence-corrected chi connectivity index (χ4v) is 2.50. The summed E-state index contributed by atoms with van der Waals surface area (Å²) in [6, 6.07) is 0. The smallest absolute Gasteiger partial charge is 0.0534 e. The van der Waals surface area contributed by atoms with Crippen molar-refractivity contribution in [2.75, 3.05) is 26.2 Å². The van der Waals surface area contributed by atoms with Crippen LogP contribution in [0.15, 0.2) is 12.4 Å². The first-order valence-electron chi connectivity index (χ1n) is 7.33. The van der Waals surface area contributed by atoms with Crippen LogP contribution in [0.4, 0.5) is 0 Å². The first-order chi connectivity index (χ1) is 8.88. The van der Waals surface area contributed by atoms with E-state index in [2.05, 4.69) is 28.4 Å². The SMILES string of the molecule is CCn1cc(CNCCN2CCCCCC2)cn1. The van der Waals surface area contributed by atoms with Crippen LogP contribution in [0.5, 0.6) is 0 Å². The van der Waals surface area contributed by atoms with E-state index >= 15 is 0 Å². The van der Waals surface area contributed by atoms with Crippen molar-refractivity contribution in [3.8, 4) is 0 Å². The van der Waals surface area contributed by atoms with Gasteiger partial charge in [-0.25, -0.2) is 0 Å². The van der Waals surface area contributed by atoms with Gasteiger partial charge in [-0.3, -0.25) is 4.68 Å². The molecule has 1 aromatic rings. The van der Waals surface area contributed by atoms with Gasteiger partial charge in [-0.2, -0.15) is 5.10 Å². The zero-order chi connectivity index (χ0) is 12.6. The van der Waals surface area contributed by atoms with Crippen molar-refractivity contribution in [2.24, 2.45) is 0 Å². The number of nitrogens with one attached hydrogen (secondary N) is 1. The van der Waals surface area contributed by atoms with E-state index in [0.717, 1.165) is 19.6 Å². The van der Waals surface area contributed by atoms with Crippen LogP contribution in [0.3, 0.4) is 0 Å². The third kappa shape index (κ3) is 4.42. The molecule has 0 bridgehead atoms. The minimum absolute atomic E-state index is 0.938. The number of nitrogens with zero attached hydrogens (tertiary/aromatic N) is 3. The molecule has 2 heterocycles. The van der Waals surface area contributed by atoms with E-state index in [1.54, 1.807) is 0 Å². The van der Waals surface area contributed by atoms with E-state index in [4.69, 9.17) is 0 Å². The quantitative estimate of drug-likeness (QED) is 0.782. The second-order valence-electron chi connectivity index (χ2n) is 5.14. The summed E-state index contributed by atoms with van der Waals surface area (Å²) >= 11 is 0. The fourth-order valence-electron chi connectivity index (χ4n) is 2.50. The van der Waals surface area contributed by atoms with Crippen molar-refractivity contribution < 1.29 is 0 Å². The lowest BCUT2D eigenvalue weighted by Gasteiger charge is -2.19. The topological polar surface area (TPSA) is 33.1 Å². The van der Waals surface area contributed by atoms with Gasteiger partial charge in [0.05, 0.1) is 6.20 Å². The molecule has 4 heteroatoms. The Bertz CT molecular complexity index is 326. The third-order valence-corrected chi connectivity index (χ3v) is 3.64. The molecule has 0 aliphatic carbocycles. The number of rotatable bonds is 6. The molecule has 0 atom stereocenters. The van der Waals surface area contributed by atoms with Gasteiger partial charge in [0, 0.05) is 37.9 Å². The standard InChI is InChI=1S/C14H26N4/c1-2-18-13-14(12-16-18)11-15-7-10-17-8-5-3-4-6-9-17/h12-13,15H,2-11H2,1H3. The summed E-state index contributed by atoms with van der Waals surface area (Å²) in [5.41, 5.74) is 1.28. The maximum Gasteiger partial charge on any atom is 0.0534 e. The van der Waals surface area contributed by atoms with Crippen LogP contribution < -0.4 is 5.32 Å². The van der Waals surface area contributed by atoms with Crippen LogP contribution in [-0.4, -0.2) is 40.9 Å². The van der Waals surface area contributed by atoms with Crippen molar-refractivity contribution in [3.63, 3.8) is 0 Å². The molecule has 0 aromatic carbocycles. The van der Waals surface area contributed by atoms with Crippen molar-refractivity contribution in [3.05, 3.63) is 18.0 Å². The fraction of sp³-hybridized carbons (Fsp3) is 0.786. The highest BCUT2D eigenvalue weighted by molar-refractivity contribution is 5.03. The van der Waals surface area contributed by atoms with Gasteiger partial charge in [-0.15, -0.1) is 0 Å². The molecule has 1 aliphatic rings. The average Bonchev–Trinajstić information content (AvgIpc) is 2.70. The van der Waals surface area contributed by atoms with Gasteiger partial charge in [-0.05, 0) is 32.9 Å². The zero-order valence-corrected chi connectivity index (χ0v) is 11.6. The van der Waals surface area contributed by atoms with E-state index < -0.39 is 0 Å². The van der Waals surface area contributed by atoms with Gasteiger partial charge >= 0.3 is 0 Å². The first-order valence-corrected chi connectivity index (χ1v) is 7.33. The summed E-state index contributed by atoms with van der Waals surface area (Å²) in [5.74, 6) is 0. The molecule has 1 aromatic heterocycles. The Hall–Kier alpha value is -0.870. The molecule has 0 unspecified atom stereocenters. The van der Waals surface area contributed by atoms with E-state index in [-0.39, 0.29) is 0 Å². The highest BCUT2D eigenvalue weighted by Gasteiger charge is 2.07. The maximum absolute atomic E-state index is 4.28. The van der Waals surface area contributed by atoms with E-state index in [9.17, 15) is 0 Å². The molecule has 1 N–H and O–H groups in total. The van der Waals surface area contributed by atoms with Crippen LogP contribution in [0.1, 0.15) is 38.2 Å². The lowest BCUT2D eigenvalue weighted by Crippen LogP contribution is -2.32. The van der Waals surface area contributed by atoms with Gasteiger partial charge in [0.15, 0.2) is 0 Å². The molecule has 0 amide bonds. The lowest BCUT2D eigenvalue weighted by molar-refractivity contribution is 0.284. The van der Waals surface area contributed by atoms with Gasteiger partial charge in [0.1, 0.15) is 0 Å². The molecular weight excluding hydrogens is 224 g/mol. The maximum atomic E-state index is 4.28. The van der Waals surface area contributed by atoms with Crippen molar-refractivity contribution in [2.45, 2.75) is 45.7 Å². The molecule has 2 rings (SSSR count). The Morgan fingerprint density at radius 1 is 1.22 bits per heavy atom. The second kappa shape index (κ2) is 7.54. The molecule has 0 saturated carbocycles. The van der Waals surface area contributed by atoms with Crippen LogP contribution in [0, 0.1) is 0 Å². The molecule has 1 saturated heterocycles. The van der Waals surface area contributed by atoms with Crippen LogP contribution in [-0.2, 0) is 13.1 Å². The average molecular weight is 250 g/mol. The van der Waals surface area contributed by atoms with Crippen molar-refractivity contribution in [1.82, 2.24) is 20.0 Å².